The molecule has 0 saturated carbocycles. The zero-order chi connectivity index (χ0) is 14.5. The number of nitrogens with one attached hydrogen (secondary N) is 1. The molecule has 1 heterocycles. The Morgan fingerprint density at radius 2 is 1.95 bits per heavy atom. The molecule has 1 unspecified atom stereocenters. The van der Waals surface area contributed by atoms with Crippen molar-refractivity contribution in [2.45, 2.75) is 39.3 Å². The van der Waals surface area contributed by atoms with Gasteiger partial charge in [0.1, 0.15) is 5.82 Å². The zero-order valence-corrected chi connectivity index (χ0v) is 12.4. The first-order valence-electron chi connectivity index (χ1n) is 7.07. The van der Waals surface area contributed by atoms with Gasteiger partial charge >= 0.3 is 0 Å². The van der Waals surface area contributed by atoms with Crippen molar-refractivity contribution in [3.63, 3.8) is 0 Å². The number of hydrogen-bond acceptors (Lipinski definition) is 2. The van der Waals surface area contributed by atoms with E-state index in [-0.39, 0.29) is 5.82 Å². The highest BCUT2D eigenvalue weighted by Crippen LogP contribution is 2.11. The van der Waals surface area contributed by atoms with Crippen molar-refractivity contribution < 1.29 is 4.39 Å². The topological polar surface area (TPSA) is 29.9 Å². The van der Waals surface area contributed by atoms with Crippen molar-refractivity contribution in [3.05, 3.63) is 53.1 Å². The van der Waals surface area contributed by atoms with E-state index in [1.165, 1.54) is 17.8 Å². The highest BCUT2D eigenvalue weighted by Gasteiger charge is 2.12. The van der Waals surface area contributed by atoms with Crippen LogP contribution >= 0.6 is 0 Å². The summed E-state index contributed by atoms with van der Waals surface area (Å²) in [5.74, 6) is -0.186. The Balaban J connectivity index is 2.06. The summed E-state index contributed by atoms with van der Waals surface area (Å²) in [5, 5.41) is 7.81. The minimum Gasteiger partial charge on any atom is -0.316 e. The molecule has 20 heavy (non-hydrogen) atoms. The predicted octanol–water partition coefficient (Wildman–Crippen LogP) is 2.72. The minimum absolute atomic E-state index is 0.186. The van der Waals surface area contributed by atoms with Crippen LogP contribution in [0, 0.1) is 12.7 Å². The summed E-state index contributed by atoms with van der Waals surface area (Å²) < 4.78 is 15.0. The van der Waals surface area contributed by atoms with E-state index in [2.05, 4.69) is 23.4 Å². The van der Waals surface area contributed by atoms with Gasteiger partial charge in [-0.2, -0.15) is 5.10 Å². The molecule has 0 spiro atoms. The number of benzene rings is 1. The van der Waals surface area contributed by atoms with Crippen molar-refractivity contribution in [1.29, 1.82) is 0 Å². The number of nitrogens with zero attached hydrogens (tertiary/aromatic N) is 2. The summed E-state index contributed by atoms with van der Waals surface area (Å²) in [5.41, 5.74) is 3.44. The van der Waals surface area contributed by atoms with Crippen molar-refractivity contribution >= 4 is 0 Å². The van der Waals surface area contributed by atoms with E-state index in [0.717, 1.165) is 30.6 Å². The van der Waals surface area contributed by atoms with Crippen LogP contribution in [0.5, 0.6) is 0 Å². The van der Waals surface area contributed by atoms with Gasteiger partial charge in [0, 0.05) is 24.7 Å². The Morgan fingerprint density at radius 3 is 2.55 bits per heavy atom. The van der Waals surface area contributed by atoms with Crippen LogP contribution in [0.2, 0.25) is 0 Å². The summed E-state index contributed by atoms with van der Waals surface area (Å²) in [6.45, 7) is 5.00. The number of aryl methyl sites for hydroxylation is 2. The van der Waals surface area contributed by atoms with Crippen LogP contribution in [0.1, 0.15) is 23.9 Å². The molecule has 3 nitrogen and oxygen atoms in total. The second-order valence-electron chi connectivity index (χ2n) is 5.11. The molecule has 1 atom stereocenters. The van der Waals surface area contributed by atoms with Gasteiger partial charge in [-0.25, -0.2) is 4.39 Å². The average Bonchev–Trinajstić information content (AvgIpc) is 2.80. The first-order valence-corrected chi connectivity index (χ1v) is 7.07. The second kappa shape index (κ2) is 6.66. The Bertz CT molecular complexity index is 545. The molecule has 108 valence electrons. The Kier molecular flexibility index (Phi) is 4.90. The highest BCUT2D eigenvalue weighted by atomic mass is 19.1. The van der Waals surface area contributed by atoms with Gasteiger partial charge in [0.25, 0.3) is 0 Å². The monoisotopic (exact) mass is 275 g/mol. The maximum absolute atomic E-state index is 12.9. The van der Waals surface area contributed by atoms with Gasteiger partial charge in [-0.1, -0.05) is 12.1 Å². The maximum Gasteiger partial charge on any atom is 0.123 e. The van der Waals surface area contributed by atoms with E-state index in [0.29, 0.717) is 6.04 Å². The fourth-order valence-electron chi connectivity index (χ4n) is 2.47. The zero-order valence-electron chi connectivity index (χ0n) is 12.4. The third kappa shape index (κ3) is 3.67. The van der Waals surface area contributed by atoms with Crippen LogP contribution in [0.25, 0.3) is 0 Å². The summed E-state index contributed by atoms with van der Waals surface area (Å²) in [7, 11) is 1.97. The van der Waals surface area contributed by atoms with Crippen LogP contribution in [0.4, 0.5) is 4.39 Å². The molecule has 1 N–H and O–H groups in total. The van der Waals surface area contributed by atoms with Crippen LogP contribution in [0.3, 0.4) is 0 Å². The SMILES string of the molecule is CCn1nc(C)cc1CC(Cc1ccc(F)cc1)NC. The fraction of sp³-hybridized carbons (Fsp3) is 0.438. The molecule has 1 aromatic carbocycles. The smallest absolute Gasteiger partial charge is 0.123 e. The Hall–Kier alpha value is -1.68. The number of likely N-dealkylation sites (N-methyl/N-ethyl adjacent to an activating group) is 1. The van der Waals surface area contributed by atoms with Crippen molar-refractivity contribution in [2.75, 3.05) is 7.05 Å². The van der Waals surface area contributed by atoms with Gasteiger partial charge < -0.3 is 5.32 Å². The second-order valence-corrected chi connectivity index (χ2v) is 5.11. The lowest BCUT2D eigenvalue weighted by Crippen LogP contribution is -2.30. The molecule has 0 radical (unpaired) electrons. The molecule has 0 fully saturated rings. The normalized spacial score (nSPS) is 12.6. The Morgan fingerprint density at radius 1 is 1.25 bits per heavy atom. The maximum atomic E-state index is 12.9. The van der Waals surface area contributed by atoms with Crippen molar-refractivity contribution in [3.8, 4) is 0 Å². The molecule has 4 heteroatoms. The molecule has 0 aliphatic carbocycles. The van der Waals surface area contributed by atoms with Crippen LogP contribution in [-0.2, 0) is 19.4 Å². The molecular weight excluding hydrogens is 253 g/mol. The number of aromatic nitrogens is 2. The first kappa shape index (κ1) is 14.7. The molecule has 0 saturated heterocycles. The van der Waals surface area contributed by atoms with Crippen LogP contribution in [0.15, 0.2) is 30.3 Å². The number of halogens is 1. The molecule has 1 aromatic heterocycles. The molecule has 0 aliphatic heterocycles. The summed E-state index contributed by atoms with van der Waals surface area (Å²) in [6, 6.07) is 9.19. The van der Waals surface area contributed by atoms with E-state index in [1.54, 1.807) is 0 Å². The first-order chi connectivity index (χ1) is 9.62. The van der Waals surface area contributed by atoms with Crippen molar-refractivity contribution in [2.24, 2.45) is 0 Å². The third-order valence-electron chi connectivity index (χ3n) is 3.54. The predicted molar refractivity (Wildman–Crippen MR) is 79.3 cm³/mol. The van der Waals surface area contributed by atoms with Gasteiger partial charge in [0.15, 0.2) is 0 Å². The fourth-order valence-corrected chi connectivity index (χ4v) is 2.47. The number of hydrogen-bond donors (Lipinski definition) is 1. The van der Waals surface area contributed by atoms with Gasteiger partial charge in [-0.15, -0.1) is 0 Å². The summed E-state index contributed by atoms with van der Waals surface area (Å²) in [6.07, 6.45) is 1.80. The molecule has 0 amide bonds. The molecule has 2 aromatic rings. The molecule has 0 bridgehead atoms. The van der Waals surface area contributed by atoms with Crippen LogP contribution in [-0.4, -0.2) is 22.9 Å². The minimum atomic E-state index is -0.186. The lowest BCUT2D eigenvalue weighted by Gasteiger charge is -2.17. The van der Waals surface area contributed by atoms with E-state index >= 15 is 0 Å². The van der Waals surface area contributed by atoms with E-state index in [1.807, 2.05) is 30.8 Å². The van der Waals surface area contributed by atoms with Gasteiger partial charge in [0.2, 0.25) is 0 Å². The molecule has 0 aliphatic rings. The third-order valence-corrected chi connectivity index (χ3v) is 3.54. The van der Waals surface area contributed by atoms with Gasteiger partial charge in [-0.3, -0.25) is 4.68 Å². The quantitative estimate of drug-likeness (QED) is 0.878. The summed E-state index contributed by atoms with van der Waals surface area (Å²) >= 11 is 0. The number of rotatable bonds is 6. The lowest BCUT2D eigenvalue weighted by atomic mass is 10.0. The van der Waals surface area contributed by atoms with Gasteiger partial charge in [-0.05, 0) is 51.1 Å². The standard InChI is InChI=1S/C16H22FN3/c1-4-20-16(9-12(2)19-20)11-15(18-3)10-13-5-7-14(17)8-6-13/h5-9,15,18H,4,10-11H2,1-3H3. The molecule has 2 rings (SSSR count). The van der Waals surface area contributed by atoms with Crippen LogP contribution < -0.4 is 5.32 Å². The van der Waals surface area contributed by atoms with E-state index in [9.17, 15) is 4.39 Å². The largest absolute Gasteiger partial charge is 0.316 e. The van der Waals surface area contributed by atoms with E-state index in [4.69, 9.17) is 0 Å². The van der Waals surface area contributed by atoms with Gasteiger partial charge in [0.05, 0.1) is 5.69 Å². The Labute approximate surface area is 119 Å². The molecular formula is C16H22FN3. The highest BCUT2D eigenvalue weighted by molar-refractivity contribution is 5.18. The average molecular weight is 275 g/mol. The van der Waals surface area contributed by atoms with Crippen molar-refractivity contribution in [1.82, 2.24) is 15.1 Å². The summed E-state index contributed by atoms with van der Waals surface area (Å²) in [4.78, 5) is 0. The van der Waals surface area contributed by atoms with E-state index < -0.39 is 0 Å². The lowest BCUT2D eigenvalue weighted by molar-refractivity contribution is 0.519.